The highest BCUT2D eigenvalue weighted by Gasteiger charge is 2.15. The van der Waals surface area contributed by atoms with Crippen LogP contribution in [0.15, 0.2) is 48.5 Å². The number of carbonyl (C=O) groups excluding carboxylic acids is 1. The molecule has 0 saturated heterocycles. The van der Waals surface area contributed by atoms with Crippen molar-refractivity contribution in [3.05, 3.63) is 60.2 Å². The van der Waals surface area contributed by atoms with Crippen LogP contribution < -0.4 is 14.8 Å². The summed E-state index contributed by atoms with van der Waals surface area (Å²) in [4.78, 5) is 11.9. The minimum atomic E-state index is -0.835. The molecule has 0 aliphatic carbocycles. The van der Waals surface area contributed by atoms with Crippen LogP contribution in [0.1, 0.15) is 6.92 Å². The van der Waals surface area contributed by atoms with Crippen molar-refractivity contribution in [2.75, 3.05) is 13.2 Å². The maximum Gasteiger partial charge on any atom is 0.260 e. The van der Waals surface area contributed by atoms with Gasteiger partial charge in [-0.1, -0.05) is 12.1 Å². The lowest BCUT2D eigenvalue weighted by atomic mass is 10.3. The standard InChI is InChI=1S/C17H17F2NO3/c1-12(23-16-5-3-2-4-15(16)19)17(21)20-10-11-22-14-8-6-13(18)7-9-14/h2-9,12H,10-11H2,1H3,(H,20,21)/t12-/m0/s1. The number of rotatable bonds is 7. The van der Waals surface area contributed by atoms with E-state index in [0.717, 1.165) is 0 Å². The first kappa shape index (κ1) is 16.7. The molecule has 0 spiro atoms. The minimum Gasteiger partial charge on any atom is -0.492 e. The van der Waals surface area contributed by atoms with Crippen LogP contribution in [0.2, 0.25) is 0 Å². The summed E-state index contributed by atoms with van der Waals surface area (Å²) in [6.07, 6.45) is -0.835. The van der Waals surface area contributed by atoms with Crippen molar-refractivity contribution in [2.24, 2.45) is 0 Å². The summed E-state index contributed by atoms with van der Waals surface area (Å²) >= 11 is 0. The molecule has 1 amide bonds. The lowest BCUT2D eigenvalue weighted by Crippen LogP contribution is -2.38. The van der Waals surface area contributed by atoms with Crippen molar-refractivity contribution in [3.8, 4) is 11.5 Å². The number of carbonyl (C=O) groups is 1. The SMILES string of the molecule is C[C@H](Oc1ccccc1F)C(=O)NCCOc1ccc(F)cc1. The molecule has 0 saturated carbocycles. The van der Waals surface area contributed by atoms with Crippen molar-refractivity contribution < 1.29 is 23.0 Å². The summed E-state index contributed by atoms with van der Waals surface area (Å²) in [6.45, 7) is 2.01. The molecule has 0 heterocycles. The molecule has 0 aromatic heterocycles. The highest BCUT2D eigenvalue weighted by atomic mass is 19.1. The lowest BCUT2D eigenvalue weighted by molar-refractivity contribution is -0.127. The van der Waals surface area contributed by atoms with Crippen molar-refractivity contribution in [2.45, 2.75) is 13.0 Å². The Morgan fingerprint density at radius 1 is 1.13 bits per heavy atom. The number of benzene rings is 2. The van der Waals surface area contributed by atoms with Gasteiger partial charge in [-0.05, 0) is 43.3 Å². The fourth-order valence-corrected chi connectivity index (χ4v) is 1.80. The van der Waals surface area contributed by atoms with Gasteiger partial charge in [0.2, 0.25) is 0 Å². The van der Waals surface area contributed by atoms with Gasteiger partial charge in [-0.15, -0.1) is 0 Å². The number of hydrogen-bond donors (Lipinski definition) is 1. The van der Waals surface area contributed by atoms with Gasteiger partial charge in [-0.3, -0.25) is 4.79 Å². The number of ether oxygens (including phenoxy) is 2. The summed E-state index contributed by atoms with van der Waals surface area (Å²) in [6, 6.07) is 11.5. The van der Waals surface area contributed by atoms with E-state index in [1.807, 2.05) is 0 Å². The van der Waals surface area contributed by atoms with Gasteiger partial charge in [0.1, 0.15) is 18.2 Å². The molecule has 23 heavy (non-hydrogen) atoms. The second kappa shape index (κ2) is 8.12. The molecule has 0 radical (unpaired) electrons. The second-order valence-corrected chi connectivity index (χ2v) is 4.78. The molecule has 6 heteroatoms. The summed E-state index contributed by atoms with van der Waals surface area (Å²) < 4.78 is 36.8. The molecular weight excluding hydrogens is 304 g/mol. The van der Waals surface area contributed by atoms with Crippen LogP contribution >= 0.6 is 0 Å². The highest BCUT2D eigenvalue weighted by molar-refractivity contribution is 5.80. The van der Waals surface area contributed by atoms with E-state index < -0.39 is 11.9 Å². The smallest absolute Gasteiger partial charge is 0.260 e. The number of para-hydroxylation sites is 1. The molecule has 1 N–H and O–H groups in total. The molecule has 0 aliphatic rings. The minimum absolute atomic E-state index is 0.0257. The summed E-state index contributed by atoms with van der Waals surface area (Å²) in [5.74, 6) is -0.707. The Morgan fingerprint density at radius 3 is 2.52 bits per heavy atom. The molecular formula is C17H17F2NO3. The van der Waals surface area contributed by atoms with Gasteiger partial charge in [-0.2, -0.15) is 0 Å². The third-order valence-electron chi connectivity index (χ3n) is 2.99. The zero-order chi connectivity index (χ0) is 16.7. The lowest BCUT2D eigenvalue weighted by Gasteiger charge is -2.15. The summed E-state index contributed by atoms with van der Waals surface area (Å²) in [5.41, 5.74) is 0. The van der Waals surface area contributed by atoms with Crippen LogP contribution in [-0.2, 0) is 4.79 Å². The fraction of sp³-hybridized carbons (Fsp3) is 0.235. The third-order valence-corrected chi connectivity index (χ3v) is 2.99. The summed E-state index contributed by atoms with van der Waals surface area (Å²) in [5, 5.41) is 2.62. The monoisotopic (exact) mass is 321 g/mol. The maximum atomic E-state index is 13.4. The van der Waals surface area contributed by atoms with Gasteiger partial charge in [0.25, 0.3) is 5.91 Å². The van der Waals surface area contributed by atoms with Gasteiger partial charge in [-0.25, -0.2) is 8.78 Å². The zero-order valence-corrected chi connectivity index (χ0v) is 12.6. The van der Waals surface area contributed by atoms with Gasteiger partial charge >= 0.3 is 0 Å². The molecule has 0 bridgehead atoms. The predicted molar refractivity (Wildman–Crippen MR) is 81.4 cm³/mol. The Bertz CT molecular complexity index is 647. The quantitative estimate of drug-likeness (QED) is 0.798. The molecule has 2 aromatic carbocycles. The van der Waals surface area contributed by atoms with Crippen LogP contribution in [0.5, 0.6) is 11.5 Å². The van der Waals surface area contributed by atoms with Crippen molar-refractivity contribution >= 4 is 5.91 Å². The van der Waals surface area contributed by atoms with Crippen LogP contribution in [-0.4, -0.2) is 25.2 Å². The Hall–Kier alpha value is -2.63. The molecule has 0 fully saturated rings. The van der Waals surface area contributed by atoms with E-state index in [0.29, 0.717) is 5.75 Å². The van der Waals surface area contributed by atoms with Crippen LogP contribution in [0.4, 0.5) is 8.78 Å². The zero-order valence-electron chi connectivity index (χ0n) is 12.6. The molecule has 2 aromatic rings. The Morgan fingerprint density at radius 2 is 1.83 bits per heavy atom. The van der Waals surface area contributed by atoms with Crippen molar-refractivity contribution in [1.29, 1.82) is 0 Å². The Labute approximate surface area is 133 Å². The number of halogens is 2. The number of hydrogen-bond acceptors (Lipinski definition) is 3. The first-order valence-corrected chi connectivity index (χ1v) is 7.13. The van der Waals surface area contributed by atoms with Gasteiger partial charge < -0.3 is 14.8 Å². The molecule has 1 atom stereocenters. The molecule has 2 rings (SSSR count). The fourth-order valence-electron chi connectivity index (χ4n) is 1.80. The first-order valence-electron chi connectivity index (χ1n) is 7.13. The largest absolute Gasteiger partial charge is 0.492 e. The van der Waals surface area contributed by atoms with Crippen molar-refractivity contribution in [1.82, 2.24) is 5.32 Å². The van der Waals surface area contributed by atoms with E-state index in [1.54, 1.807) is 12.1 Å². The Balaban J connectivity index is 1.72. The van der Waals surface area contributed by atoms with E-state index in [4.69, 9.17) is 9.47 Å². The van der Waals surface area contributed by atoms with Crippen LogP contribution in [0, 0.1) is 11.6 Å². The van der Waals surface area contributed by atoms with Gasteiger partial charge in [0.05, 0.1) is 6.54 Å². The average molecular weight is 321 g/mol. The van der Waals surface area contributed by atoms with Crippen LogP contribution in [0.25, 0.3) is 0 Å². The Kier molecular flexibility index (Phi) is 5.91. The second-order valence-electron chi connectivity index (χ2n) is 4.78. The summed E-state index contributed by atoms with van der Waals surface area (Å²) in [7, 11) is 0. The van der Waals surface area contributed by atoms with E-state index >= 15 is 0 Å². The molecule has 0 unspecified atom stereocenters. The maximum absolute atomic E-state index is 13.4. The molecule has 122 valence electrons. The number of amides is 1. The van der Waals surface area contributed by atoms with E-state index in [-0.39, 0.29) is 30.6 Å². The molecule has 4 nitrogen and oxygen atoms in total. The average Bonchev–Trinajstić information content (AvgIpc) is 2.55. The molecule has 0 aliphatic heterocycles. The highest BCUT2D eigenvalue weighted by Crippen LogP contribution is 2.17. The van der Waals surface area contributed by atoms with Crippen molar-refractivity contribution in [3.63, 3.8) is 0 Å². The van der Waals surface area contributed by atoms with Gasteiger partial charge in [0.15, 0.2) is 17.7 Å². The number of nitrogens with one attached hydrogen (secondary N) is 1. The van der Waals surface area contributed by atoms with Gasteiger partial charge in [0, 0.05) is 0 Å². The van der Waals surface area contributed by atoms with E-state index in [2.05, 4.69) is 5.32 Å². The van der Waals surface area contributed by atoms with E-state index in [9.17, 15) is 13.6 Å². The first-order chi connectivity index (χ1) is 11.1. The topological polar surface area (TPSA) is 47.6 Å². The van der Waals surface area contributed by atoms with Crippen LogP contribution in [0.3, 0.4) is 0 Å². The third kappa shape index (κ3) is 5.25. The predicted octanol–water partition coefficient (Wildman–Crippen LogP) is 2.93. The van der Waals surface area contributed by atoms with E-state index in [1.165, 1.54) is 43.3 Å². The normalized spacial score (nSPS) is 11.6.